The molecular weight excluding hydrogens is 390 g/mol. The molecule has 0 spiro atoms. The molecular formula is C21H19N3O4S. The third-order valence-electron chi connectivity index (χ3n) is 4.66. The van der Waals surface area contributed by atoms with Gasteiger partial charge in [0.25, 0.3) is 10.0 Å². The van der Waals surface area contributed by atoms with Gasteiger partial charge in [-0.3, -0.25) is 9.52 Å². The number of nitrogens with zero attached hydrogens (tertiary/aromatic N) is 2. The molecule has 0 fully saturated rings. The van der Waals surface area contributed by atoms with Gasteiger partial charge in [-0.25, -0.2) is 13.4 Å². The number of sulfonamides is 1. The Bertz CT molecular complexity index is 1160. The number of para-hydroxylation sites is 1. The number of carbonyl (C=O) groups excluding carboxylic acids is 1. The summed E-state index contributed by atoms with van der Waals surface area (Å²) in [4.78, 5) is 12.4. The largest absolute Gasteiger partial charge is 0.463 e. The van der Waals surface area contributed by atoms with Crippen LogP contribution < -0.4 is 4.72 Å². The first-order valence-corrected chi connectivity index (χ1v) is 10.5. The van der Waals surface area contributed by atoms with Crippen LogP contribution >= 0.6 is 0 Å². The highest BCUT2D eigenvalue weighted by Crippen LogP contribution is 2.37. The van der Waals surface area contributed by atoms with E-state index in [-0.39, 0.29) is 10.8 Å². The number of anilines is 1. The van der Waals surface area contributed by atoms with Gasteiger partial charge in [-0.05, 0) is 30.3 Å². The lowest BCUT2D eigenvalue weighted by atomic mass is 9.99. The van der Waals surface area contributed by atoms with Crippen LogP contribution in [0.25, 0.3) is 0 Å². The normalized spacial score (nSPS) is 16.5. The topological polar surface area (TPSA) is 92.0 Å². The number of amides is 1. The minimum absolute atomic E-state index is 0.164. The van der Waals surface area contributed by atoms with E-state index in [9.17, 15) is 13.2 Å². The second kappa shape index (κ2) is 7.56. The molecule has 1 unspecified atom stereocenters. The fourth-order valence-electron chi connectivity index (χ4n) is 3.32. The van der Waals surface area contributed by atoms with Crippen LogP contribution in [0.2, 0.25) is 0 Å². The Morgan fingerprint density at radius 1 is 1.07 bits per heavy atom. The van der Waals surface area contributed by atoms with Crippen molar-refractivity contribution in [2.45, 2.75) is 24.3 Å². The number of nitrogens with one attached hydrogen (secondary N) is 1. The molecule has 1 aliphatic rings. The highest BCUT2D eigenvalue weighted by Gasteiger charge is 2.34. The van der Waals surface area contributed by atoms with Gasteiger partial charge in [0, 0.05) is 18.9 Å². The molecule has 1 aromatic heterocycles. The zero-order valence-corrected chi connectivity index (χ0v) is 16.5. The summed E-state index contributed by atoms with van der Waals surface area (Å²) in [5.41, 5.74) is 1.70. The van der Waals surface area contributed by atoms with Crippen molar-refractivity contribution in [2.75, 3.05) is 4.72 Å². The van der Waals surface area contributed by atoms with Crippen molar-refractivity contribution in [3.63, 3.8) is 0 Å². The third kappa shape index (κ3) is 3.79. The molecule has 1 atom stereocenters. The molecule has 29 heavy (non-hydrogen) atoms. The Kier molecular flexibility index (Phi) is 4.94. The number of hydrogen-bond donors (Lipinski definition) is 1. The summed E-state index contributed by atoms with van der Waals surface area (Å²) < 4.78 is 33.7. The number of hydrogen-bond acceptors (Lipinski definition) is 5. The Hall–Kier alpha value is -3.39. The van der Waals surface area contributed by atoms with Gasteiger partial charge < -0.3 is 4.42 Å². The number of carbonyl (C=O) groups is 1. The average molecular weight is 409 g/mol. The van der Waals surface area contributed by atoms with Gasteiger partial charge >= 0.3 is 0 Å². The maximum Gasteiger partial charge on any atom is 0.261 e. The van der Waals surface area contributed by atoms with Crippen LogP contribution in [0, 0.1) is 0 Å². The summed E-state index contributed by atoms with van der Waals surface area (Å²) in [5.74, 6) is 0.346. The third-order valence-corrected chi connectivity index (χ3v) is 6.04. The van der Waals surface area contributed by atoms with E-state index in [1.54, 1.807) is 60.9 Å². The number of rotatable bonds is 5. The van der Waals surface area contributed by atoms with Gasteiger partial charge in [-0.2, -0.15) is 5.10 Å². The van der Waals surface area contributed by atoms with E-state index in [1.807, 2.05) is 0 Å². The highest BCUT2D eigenvalue weighted by molar-refractivity contribution is 7.92. The lowest BCUT2D eigenvalue weighted by Crippen LogP contribution is -2.25. The molecule has 3 aromatic rings. The van der Waals surface area contributed by atoms with Crippen LogP contribution in [0.1, 0.15) is 30.7 Å². The van der Waals surface area contributed by atoms with Crippen LogP contribution in [0.3, 0.4) is 0 Å². The SMILES string of the molecule is CC(=O)N1N=C(c2ccco2)CC1c1ccccc1NS(=O)(=O)c1ccccc1. The smallest absolute Gasteiger partial charge is 0.261 e. The molecule has 0 saturated heterocycles. The van der Waals surface area contributed by atoms with E-state index in [2.05, 4.69) is 9.82 Å². The second-order valence-corrected chi connectivity index (χ2v) is 8.30. The van der Waals surface area contributed by atoms with Crippen molar-refractivity contribution >= 4 is 27.3 Å². The minimum Gasteiger partial charge on any atom is -0.463 e. The minimum atomic E-state index is -3.77. The Morgan fingerprint density at radius 2 is 1.79 bits per heavy atom. The predicted octanol–water partition coefficient (Wildman–Crippen LogP) is 3.78. The van der Waals surface area contributed by atoms with Crippen molar-refractivity contribution < 1.29 is 17.6 Å². The van der Waals surface area contributed by atoms with E-state index in [1.165, 1.54) is 24.1 Å². The molecule has 7 nitrogen and oxygen atoms in total. The first-order valence-electron chi connectivity index (χ1n) is 9.03. The fraction of sp³-hybridized carbons (Fsp3) is 0.143. The molecule has 0 aliphatic carbocycles. The molecule has 1 aliphatic heterocycles. The van der Waals surface area contributed by atoms with Crippen molar-refractivity contribution in [1.82, 2.24) is 5.01 Å². The second-order valence-electron chi connectivity index (χ2n) is 6.61. The summed E-state index contributed by atoms with van der Waals surface area (Å²) in [5, 5.41) is 5.78. The van der Waals surface area contributed by atoms with Gasteiger partial charge in [0.1, 0.15) is 11.5 Å². The fourth-order valence-corrected chi connectivity index (χ4v) is 4.43. The first kappa shape index (κ1) is 18.9. The van der Waals surface area contributed by atoms with Crippen molar-refractivity contribution in [3.05, 3.63) is 84.3 Å². The van der Waals surface area contributed by atoms with Crippen LogP contribution in [-0.4, -0.2) is 25.0 Å². The van der Waals surface area contributed by atoms with Crippen LogP contribution in [-0.2, 0) is 14.8 Å². The molecule has 0 bridgehead atoms. The van der Waals surface area contributed by atoms with E-state index in [0.29, 0.717) is 29.1 Å². The molecule has 1 amide bonds. The summed E-state index contributed by atoms with van der Waals surface area (Å²) in [6, 6.07) is 18.3. The molecule has 8 heteroatoms. The Morgan fingerprint density at radius 3 is 2.48 bits per heavy atom. The molecule has 2 heterocycles. The van der Waals surface area contributed by atoms with Crippen LogP contribution in [0.15, 0.2) is 87.4 Å². The van der Waals surface area contributed by atoms with Gasteiger partial charge in [0.05, 0.1) is 22.9 Å². The molecule has 0 saturated carbocycles. The average Bonchev–Trinajstić information content (AvgIpc) is 3.39. The van der Waals surface area contributed by atoms with E-state index in [0.717, 1.165) is 0 Å². The number of benzene rings is 2. The summed E-state index contributed by atoms with van der Waals surface area (Å²) >= 11 is 0. The lowest BCUT2D eigenvalue weighted by molar-refractivity contribution is -0.130. The van der Waals surface area contributed by atoms with E-state index in [4.69, 9.17) is 4.42 Å². The highest BCUT2D eigenvalue weighted by atomic mass is 32.2. The molecule has 4 rings (SSSR count). The zero-order chi connectivity index (χ0) is 20.4. The maximum atomic E-state index is 12.8. The molecule has 1 N–H and O–H groups in total. The van der Waals surface area contributed by atoms with Gasteiger partial charge in [0.2, 0.25) is 5.91 Å². The summed E-state index contributed by atoms with van der Waals surface area (Å²) in [6.45, 7) is 1.43. The van der Waals surface area contributed by atoms with Gasteiger partial charge in [-0.1, -0.05) is 36.4 Å². The van der Waals surface area contributed by atoms with Crippen molar-refractivity contribution in [3.8, 4) is 0 Å². The Labute approximate surface area is 168 Å². The van der Waals surface area contributed by atoms with Crippen LogP contribution in [0.5, 0.6) is 0 Å². The number of hydrazone groups is 1. The maximum absolute atomic E-state index is 12.8. The summed E-state index contributed by atoms with van der Waals surface area (Å²) in [6.07, 6.45) is 1.96. The van der Waals surface area contributed by atoms with Gasteiger partial charge in [-0.15, -0.1) is 0 Å². The first-order chi connectivity index (χ1) is 14.0. The summed E-state index contributed by atoms with van der Waals surface area (Å²) in [7, 11) is -3.77. The zero-order valence-electron chi connectivity index (χ0n) is 15.6. The molecule has 0 radical (unpaired) electrons. The van der Waals surface area contributed by atoms with Crippen molar-refractivity contribution in [2.24, 2.45) is 5.10 Å². The Balaban J connectivity index is 1.69. The molecule has 148 valence electrons. The lowest BCUT2D eigenvalue weighted by Gasteiger charge is -2.23. The van der Waals surface area contributed by atoms with Crippen LogP contribution in [0.4, 0.5) is 5.69 Å². The quantitative estimate of drug-likeness (QED) is 0.694. The van der Waals surface area contributed by atoms with E-state index < -0.39 is 16.1 Å². The molecule has 2 aromatic carbocycles. The number of furan rings is 1. The predicted molar refractivity (Wildman–Crippen MR) is 109 cm³/mol. The standard InChI is InChI=1S/C21H19N3O4S/c1-15(25)24-20(14-19(22-24)21-12-7-13-28-21)17-10-5-6-11-18(17)23-29(26,27)16-8-3-2-4-9-16/h2-13,20,23H,14H2,1H3. The van der Waals surface area contributed by atoms with E-state index >= 15 is 0 Å². The monoisotopic (exact) mass is 409 g/mol. The van der Waals surface area contributed by atoms with Crippen molar-refractivity contribution in [1.29, 1.82) is 0 Å². The van der Waals surface area contributed by atoms with Gasteiger partial charge in [0.15, 0.2) is 0 Å².